The third-order valence-corrected chi connectivity index (χ3v) is 3.41. The van der Waals surface area contributed by atoms with Gasteiger partial charge in [-0.25, -0.2) is 0 Å². The van der Waals surface area contributed by atoms with Crippen LogP contribution in [-0.4, -0.2) is 35.9 Å². The molecule has 1 amide bonds. The molecule has 1 rings (SSSR count). The van der Waals surface area contributed by atoms with Crippen LogP contribution >= 0.6 is 0 Å². The molecule has 5 nitrogen and oxygen atoms in total. The summed E-state index contributed by atoms with van der Waals surface area (Å²) in [6.07, 6.45) is 0. The van der Waals surface area contributed by atoms with Crippen LogP contribution in [-0.2, 0) is 4.79 Å². The third kappa shape index (κ3) is 4.42. The van der Waals surface area contributed by atoms with Crippen LogP contribution in [0.2, 0.25) is 0 Å². The van der Waals surface area contributed by atoms with Crippen molar-refractivity contribution in [2.45, 2.75) is 38.8 Å². The summed E-state index contributed by atoms with van der Waals surface area (Å²) in [7, 11) is 1.59. The van der Waals surface area contributed by atoms with E-state index in [9.17, 15) is 9.90 Å². The highest BCUT2D eigenvalue weighted by Crippen LogP contribution is 2.20. The summed E-state index contributed by atoms with van der Waals surface area (Å²) in [5, 5.41) is 12.7. The van der Waals surface area contributed by atoms with Gasteiger partial charge in [0.2, 0.25) is 0 Å². The van der Waals surface area contributed by atoms with Gasteiger partial charge in [-0.2, -0.15) is 0 Å². The molecule has 0 aliphatic carbocycles. The lowest BCUT2D eigenvalue weighted by molar-refractivity contribution is -0.128. The SMILES string of the molecule is COc1ccc(OCC(=O)NC(C)(C)C(C)(C)O)cc1. The number of amides is 1. The molecule has 0 unspecified atom stereocenters. The Labute approximate surface area is 119 Å². The molecule has 0 aliphatic heterocycles. The quantitative estimate of drug-likeness (QED) is 0.833. The Kier molecular flexibility index (Phi) is 5.00. The van der Waals surface area contributed by atoms with Gasteiger partial charge in [-0.3, -0.25) is 4.79 Å². The second kappa shape index (κ2) is 6.13. The fourth-order valence-corrected chi connectivity index (χ4v) is 1.36. The first-order valence-corrected chi connectivity index (χ1v) is 6.46. The molecule has 112 valence electrons. The molecule has 0 bridgehead atoms. The van der Waals surface area contributed by atoms with E-state index in [0.717, 1.165) is 5.75 Å². The maximum Gasteiger partial charge on any atom is 0.258 e. The molecule has 0 saturated heterocycles. The normalized spacial score (nSPS) is 11.9. The number of carbonyl (C=O) groups excluding carboxylic acids is 1. The lowest BCUT2D eigenvalue weighted by Crippen LogP contribution is -2.58. The van der Waals surface area contributed by atoms with Crippen LogP contribution in [0.1, 0.15) is 27.7 Å². The number of benzene rings is 1. The van der Waals surface area contributed by atoms with Gasteiger partial charge in [0.15, 0.2) is 6.61 Å². The van der Waals surface area contributed by atoms with E-state index in [1.54, 1.807) is 59.1 Å². The Morgan fingerprint density at radius 3 is 2.10 bits per heavy atom. The van der Waals surface area contributed by atoms with Crippen molar-refractivity contribution >= 4 is 5.91 Å². The number of rotatable bonds is 6. The third-order valence-electron chi connectivity index (χ3n) is 3.41. The molecule has 0 radical (unpaired) electrons. The Morgan fingerprint density at radius 1 is 1.15 bits per heavy atom. The average Bonchev–Trinajstić information content (AvgIpc) is 2.35. The number of nitrogens with one attached hydrogen (secondary N) is 1. The van der Waals surface area contributed by atoms with Crippen LogP contribution in [0.25, 0.3) is 0 Å². The molecule has 20 heavy (non-hydrogen) atoms. The van der Waals surface area contributed by atoms with E-state index in [4.69, 9.17) is 9.47 Å². The van der Waals surface area contributed by atoms with Gasteiger partial charge in [0, 0.05) is 0 Å². The molecule has 0 spiro atoms. The minimum Gasteiger partial charge on any atom is -0.497 e. The average molecular weight is 281 g/mol. The molecule has 1 aromatic rings. The van der Waals surface area contributed by atoms with Gasteiger partial charge in [-0.15, -0.1) is 0 Å². The Morgan fingerprint density at radius 2 is 1.65 bits per heavy atom. The molecule has 0 saturated carbocycles. The fourth-order valence-electron chi connectivity index (χ4n) is 1.36. The molecular weight excluding hydrogens is 258 g/mol. The summed E-state index contributed by atoms with van der Waals surface area (Å²) >= 11 is 0. The monoisotopic (exact) mass is 281 g/mol. The second-order valence-electron chi connectivity index (χ2n) is 5.70. The maximum atomic E-state index is 11.8. The van der Waals surface area contributed by atoms with Gasteiger partial charge in [-0.1, -0.05) is 0 Å². The van der Waals surface area contributed by atoms with Crippen LogP contribution < -0.4 is 14.8 Å². The first kappa shape index (κ1) is 16.3. The Bertz CT molecular complexity index is 446. The van der Waals surface area contributed by atoms with E-state index in [2.05, 4.69) is 5.32 Å². The zero-order chi connectivity index (χ0) is 15.4. The number of methoxy groups -OCH3 is 1. The summed E-state index contributed by atoms with van der Waals surface area (Å²) < 4.78 is 10.4. The standard InChI is InChI=1S/C15H23NO4/c1-14(2,15(3,4)18)16-13(17)10-20-12-8-6-11(19-5)7-9-12/h6-9,18H,10H2,1-5H3,(H,16,17). The van der Waals surface area contributed by atoms with Gasteiger partial charge in [0.05, 0.1) is 18.2 Å². The molecule has 0 heterocycles. The number of carbonyl (C=O) groups is 1. The van der Waals surface area contributed by atoms with Crippen LogP contribution in [0.5, 0.6) is 11.5 Å². The molecule has 0 aliphatic rings. The van der Waals surface area contributed by atoms with Crippen molar-refractivity contribution in [3.8, 4) is 11.5 Å². The molecule has 5 heteroatoms. The smallest absolute Gasteiger partial charge is 0.258 e. The molecule has 1 aromatic carbocycles. The van der Waals surface area contributed by atoms with Crippen LogP contribution in [0.4, 0.5) is 0 Å². The van der Waals surface area contributed by atoms with Crippen LogP contribution in [0.3, 0.4) is 0 Å². The highest BCUT2D eigenvalue weighted by atomic mass is 16.5. The van der Waals surface area contributed by atoms with Crippen molar-refractivity contribution in [1.82, 2.24) is 5.32 Å². The molecule has 0 fully saturated rings. The van der Waals surface area contributed by atoms with Gasteiger partial charge in [-0.05, 0) is 52.0 Å². The number of aliphatic hydroxyl groups is 1. The Balaban J connectivity index is 2.51. The van der Waals surface area contributed by atoms with Crippen molar-refractivity contribution in [2.75, 3.05) is 13.7 Å². The van der Waals surface area contributed by atoms with E-state index in [1.807, 2.05) is 0 Å². The number of hydrogen-bond acceptors (Lipinski definition) is 4. The van der Waals surface area contributed by atoms with E-state index in [1.165, 1.54) is 0 Å². The first-order chi connectivity index (χ1) is 9.15. The predicted molar refractivity (Wildman–Crippen MR) is 77.0 cm³/mol. The molecule has 2 N–H and O–H groups in total. The van der Waals surface area contributed by atoms with Gasteiger partial charge >= 0.3 is 0 Å². The van der Waals surface area contributed by atoms with Crippen molar-refractivity contribution in [3.05, 3.63) is 24.3 Å². The summed E-state index contributed by atoms with van der Waals surface area (Å²) in [5.74, 6) is 1.03. The topological polar surface area (TPSA) is 67.8 Å². The van der Waals surface area contributed by atoms with Crippen molar-refractivity contribution in [1.29, 1.82) is 0 Å². The molecule has 0 atom stereocenters. The molecule has 0 aromatic heterocycles. The summed E-state index contributed by atoms with van der Waals surface area (Å²) in [5.41, 5.74) is -1.77. The largest absolute Gasteiger partial charge is 0.497 e. The van der Waals surface area contributed by atoms with Crippen LogP contribution in [0, 0.1) is 0 Å². The zero-order valence-electron chi connectivity index (χ0n) is 12.7. The van der Waals surface area contributed by atoms with Gasteiger partial charge in [0.25, 0.3) is 5.91 Å². The van der Waals surface area contributed by atoms with Crippen molar-refractivity contribution in [2.24, 2.45) is 0 Å². The number of hydrogen-bond donors (Lipinski definition) is 2. The van der Waals surface area contributed by atoms with Crippen LogP contribution in [0.15, 0.2) is 24.3 Å². The fraction of sp³-hybridized carbons (Fsp3) is 0.533. The van der Waals surface area contributed by atoms with E-state index in [-0.39, 0.29) is 12.5 Å². The van der Waals surface area contributed by atoms with E-state index in [0.29, 0.717) is 5.75 Å². The minimum absolute atomic E-state index is 0.105. The maximum absolute atomic E-state index is 11.8. The summed E-state index contributed by atoms with van der Waals surface area (Å²) in [6.45, 7) is 6.72. The predicted octanol–water partition coefficient (Wildman–Crippen LogP) is 1.74. The highest BCUT2D eigenvalue weighted by Gasteiger charge is 2.36. The lowest BCUT2D eigenvalue weighted by Gasteiger charge is -2.37. The van der Waals surface area contributed by atoms with Gasteiger partial charge < -0.3 is 19.9 Å². The summed E-state index contributed by atoms with van der Waals surface area (Å²) in [4.78, 5) is 11.8. The summed E-state index contributed by atoms with van der Waals surface area (Å²) in [6, 6.07) is 6.97. The van der Waals surface area contributed by atoms with E-state index >= 15 is 0 Å². The Hall–Kier alpha value is -1.75. The second-order valence-corrected chi connectivity index (χ2v) is 5.70. The van der Waals surface area contributed by atoms with Crippen molar-refractivity contribution < 1.29 is 19.4 Å². The lowest BCUT2D eigenvalue weighted by atomic mass is 9.86. The van der Waals surface area contributed by atoms with Crippen molar-refractivity contribution in [3.63, 3.8) is 0 Å². The zero-order valence-corrected chi connectivity index (χ0v) is 12.7. The van der Waals surface area contributed by atoms with Gasteiger partial charge in [0.1, 0.15) is 11.5 Å². The number of ether oxygens (including phenoxy) is 2. The highest BCUT2D eigenvalue weighted by molar-refractivity contribution is 5.78. The minimum atomic E-state index is -1.03. The van der Waals surface area contributed by atoms with E-state index < -0.39 is 11.1 Å². The first-order valence-electron chi connectivity index (χ1n) is 6.46. The molecular formula is C15H23NO4.